The molecule has 4 heteroatoms. The molecule has 1 N–H and O–H groups in total. The molecule has 0 heterocycles. The molecule has 0 bridgehead atoms. The molecule has 3 rings (SSSR count). The van der Waals surface area contributed by atoms with Gasteiger partial charge in [0.2, 0.25) is 0 Å². The Labute approximate surface area is 171 Å². The van der Waals surface area contributed by atoms with Crippen LogP contribution in [0.15, 0.2) is 66.7 Å². The number of hydrogen-bond donors (Lipinski definition) is 1. The van der Waals surface area contributed by atoms with Crippen molar-refractivity contribution in [3.63, 3.8) is 0 Å². The maximum atomic E-state index is 12.5. The zero-order valence-electron chi connectivity index (χ0n) is 17.0. The normalized spacial score (nSPS) is 10.4. The molecule has 1 amide bonds. The minimum absolute atomic E-state index is 0.198. The fraction of sp³-hybridized carbons (Fsp3) is 0.200. The van der Waals surface area contributed by atoms with E-state index in [0.29, 0.717) is 24.2 Å². The summed E-state index contributed by atoms with van der Waals surface area (Å²) in [7, 11) is 0. The minimum Gasteiger partial charge on any atom is -0.427 e. The summed E-state index contributed by atoms with van der Waals surface area (Å²) in [5, 5.41) is 2.92. The number of anilines is 1. The SMILES string of the molecule is Cc1ccc(CCC(=O)Oc2ccc(C(=O)Nc3cc(C)ccc3C)cc2)cc1. The molecule has 0 aliphatic carbocycles. The Balaban J connectivity index is 1.55. The molecule has 0 radical (unpaired) electrons. The zero-order valence-corrected chi connectivity index (χ0v) is 17.0. The number of carbonyl (C=O) groups excluding carboxylic acids is 2. The molecule has 0 saturated heterocycles. The van der Waals surface area contributed by atoms with Crippen LogP contribution in [0.4, 0.5) is 5.69 Å². The summed E-state index contributed by atoms with van der Waals surface area (Å²) in [6, 6.07) is 20.6. The molecule has 0 aliphatic rings. The van der Waals surface area contributed by atoms with Gasteiger partial charge in [-0.25, -0.2) is 0 Å². The number of hydrogen-bond acceptors (Lipinski definition) is 3. The third-order valence-electron chi connectivity index (χ3n) is 4.73. The first-order chi connectivity index (χ1) is 13.9. The van der Waals surface area contributed by atoms with Crippen molar-refractivity contribution >= 4 is 17.6 Å². The van der Waals surface area contributed by atoms with Gasteiger partial charge in [0.25, 0.3) is 5.91 Å². The maximum absolute atomic E-state index is 12.5. The van der Waals surface area contributed by atoms with Gasteiger partial charge in [-0.05, 0) is 74.2 Å². The number of nitrogens with one attached hydrogen (secondary N) is 1. The number of esters is 1. The van der Waals surface area contributed by atoms with E-state index in [4.69, 9.17) is 4.74 Å². The maximum Gasteiger partial charge on any atom is 0.311 e. The Morgan fingerprint density at radius 1 is 0.828 bits per heavy atom. The minimum atomic E-state index is -0.293. The average molecular weight is 387 g/mol. The van der Waals surface area contributed by atoms with E-state index >= 15 is 0 Å². The third-order valence-corrected chi connectivity index (χ3v) is 4.73. The van der Waals surface area contributed by atoms with Crippen molar-refractivity contribution in [1.82, 2.24) is 0 Å². The van der Waals surface area contributed by atoms with Crippen molar-refractivity contribution in [2.75, 3.05) is 5.32 Å². The largest absolute Gasteiger partial charge is 0.427 e. The van der Waals surface area contributed by atoms with Gasteiger partial charge < -0.3 is 10.1 Å². The molecule has 0 aromatic heterocycles. The quantitative estimate of drug-likeness (QED) is 0.455. The number of amides is 1. The summed E-state index contributed by atoms with van der Waals surface area (Å²) in [4.78, 5) is 24.6. The first-order valence-corrected chi connectivity index (χ1v) is 9.65. The van der Waals surface area contributed by atoms with Crippen molar-refractivity contribution in [1.29, 1.82) is 0 Å². The van der Waals surface area contributed by atoms with Crippen molar-refractivity contribution in [3.8, 4) is 5.75 Å². The highest BCUT2D eigenvalue weighted by Crippen LogP contribution is 2.19. The van der Waals surface area contributed by atoms with Crippen molar-refractivity contribution in [2.45, 2.75) is 33.6 Å². The number of carbonyl (C=O) groups is 2. The van der Waals surface area contributed by atoms with Gasteiger partial charge in [-0.1, -0.05) is 42.0 Å². The predicted octanol–water partition coefficient (Wildman–Crippen LogP) is 5.40. The van der Waals surface area contributed by atoms with E-state index < -0.39 is 0 Å². The van der Waals surface area contributed by atoms with Crippen LogP contribution in [-0.2, 0) is 11.2 Å². The highest BCUT2D eigenvalue weighted by Gasteiger charge is 2.10. The second-order valence-electron chi connectivity index (χ2n) is 7.26. The fourth-order valence-electron chi connectivity index (χ4n) is 2.92. The van der Waals surface area contributed by atoms with Crippen LogP contribution in [-0.4, -0.2) is 11.9 Å². The third kappa shape index (κ3) is 5.79. The Morgan fingerprint density at radius 2 is 1.48 bits per heavy atom. The van der Waals surface area contributed by atoms with Crippen LogP contribution in [0.1, 0.15) is 39.0 Å². The second kappa shape index (κ2) is 9.20. The van der Waals surface area contributed by atoms with Crippen molar-refractivity contribution in [3.05, 3.63) is 94.5 Å². The summed E-state index contributed by atoms with van der Waals surface area (Å²) < 4.78 is 5.38. The Bertz CT molecular complexity index is 1010. The molecular weight excluding hydrogens is 362 g/mol. The van der Waals surface area contributed by atoms with Crippen LogP contribution in [0.5, 0.6) is 5.75 Å². The lowest BCUT2D eigenvalue weighted by molar-refractivity contribution is -0.134. The highest BCUT2D eigenvalue weighted by molar-refractivity contribution is 6.04. The fourth-order valence-corrected chi connectivity index (χ4v) is 2.92. The molecule has 3 aromatic rings. The topological polar surface area (TPSA) is 55.4 Å². The molecule has 0 fully saturated rings. The lowest BCUT2D eigenvalue weighted by Crippen LogP contribution is -2.13. The first kappa shape index (κ1) is 20.3. The van der Waals surface area contributed by atoms with Gasteiger partial charge >= 0.3 is 5.97 Å². The van der Waals surface area contributed by atoms with Gasteiger partial charge in [0.05, 0.1) is 0 Å². The van der Waals surface area contributed by atoms with Gasteiger partial charge in [0, 0.05) is 17.7 Å². The van der Waals surface area contributed by atoms with E-state index in [0.717, 1.165) is 22.4 Å². The van der Waals surface area contributed by atoms with Crippen LogP contribution in [0, 0.1) is 20.8 Å². The van der Waals surface area contributed by atoms with E-state index in [1.807, 2.05) is 63.2 Å². The molecule has 0 spiro atoms. The number of benzene rings is 3. The van der Waals surface area contributed by atoms with Gasteiger partial charge in [-0.2, -0.15) is 0 Å². The van der Waals surface area contributed by atoms with E-state index in [2.05, 4.69) is 5.32 Å². The Hall–Kier alpha value is -3.40. The standard InChI is InChI=1S/C25H25NO3/c1-17-5-8-20(9-6-17)10-15-24(27)29-22-13-11-21(12-14-22)25(28)26-23-16-18(2)4-7-19(23)3/h4-9,11-14,16H,10,15H2,1-3H3,(H,26,28). The van der Waals surface area contributed by atoms with E-state index in [1.54, 1.807) is 24.3 Å². The van der Waals surface area contributed by atoms with Crippen LogP contribution < -0.4 is 10.1 Å². The highest BCUT2D eigenvalue weighted by atomic mass is 16.5. The Morgan fingerprint density at radius 3 is 2.17 bits per heavy atom. The number of rotatable bonds is 6. The van der Waals surface area contributed by atoms with E-state index in [1.165, 1.54) is 5.56 Å². The average Bonchev–Trinajstić information content (AvgIpc) is 2.71. The predicted molar refractivity (Wildman–Crippen MR) is 115 cm³/mol. The van der Waals surface area contributed by atoms with Crippen LogP contribution in [0.2, 0.25) is 0 Å². The van der Waals surface area contributed by atoms with Crippen LogP contribution in [0.25, 0.3) is 0 Å². The molecule has 4 nitrogen and oxygen atoms in total. The summed E-state index contributed by atoms with van der Waals surface area (Å²) in [5.74, 6) is -0.0590. The molecule has 0 atom stereocenters. The number of aryl methyl sites for hydroxylation is 4. The van der Waals surface area contributed by atoms with Gasteiger partial charge in [-0.15, -0.1) is 0 Å². The lowest BCUT2D eigenvalue weighted by atomic mass is 10.1. The van der Waals surface area contributed by atoms with E-state index in [-0.39, 0.29) is 11.9 Å². The Kier molecular flexibility index (Phi) is 6.45. The molecule has 29 heavy (non-hydrogen) atoms. The first-order valence-electron chi connectivity index (χ1n) is 9.65. The molecule has 0 aliphatic heterocycles. The molecule has 3 aromatic carbocycles. The van der Waals surface area contributed by atoms with Gasteiger partial charge in [0.15, 0.2) is 0 Å². The zero-order chi connectivity index (χ0) is 20.8. The van der Waals surface area contributed by atoms with Gasteiger partial charge in [-0.3, -0.25) is 9.59 Å². The summed E-state index contributed by atoms with van der Waals surface area (Å²) in [5.41, 5.74) is 5.68. The monoisotopic (exact) mass is 387 g/mol. The lowest BCUT2D eigenvalue weighted by Gasteiger charge is -2.10. The molecular formula is C25H25NO3. The second-order valence-corrected chi connectivity index (χ2v) is 7.26. The smallest absolute Gasteiger partial charge is 0.311 e. The van der Waals surface area contributed by atoms with Crippen LogP contribution >= 0.6 is 0 Å². The van der Waals surface area contributed by atoms with Crippen LogP contribution in [0.3, 0.4) is 0 Å². The van der Waals surface area contributed by atoms with E-state index in [9.17, 15) is 9.59 Å². The molecule has 0 saturated carbocycles. The molecule has 0 unspecified atom stereocenters. The molecule has 148 valence electrons. The summed E-state index contributed by atoms with van der Waals surface area (Å²) in [6.07, 6.45) is 0.938. The summed E-state index contributed by atoms with van der Waals surface area (Å²) >= 11 is 0. The van der Waals surface area contributed by atoms with Crippen molar-refractivity contribution in [2.24, 2.45) is 0 Å². The van der Waals surface area contributed by atoms with Gasteiger partial charge in [0.1, 0.15) is 5.75 Å². The van der Waals surface area contributed by atoms with Crippen molar-refractivity contribution < 1.29 is 14.3 Å². The number of ether oxygens (including phenoxy) is 1. The summed E-state index contributed by atoms with van der Waals surface area (Å²) in [6.45, 7) is 5.97.